The Morgan fingerprint density at radius 3 is 2.79 bits per heavy atom. The van der Waals surface area contributed by atoms with Crippen LogP contribution in [0.25, 0.3) is 0 Å². The molecule has 3 nitrogen and oxygen atoms in total. The van der Waals surface area contributed by atoms with Gasteiger partial charge in [0, 0.05) is 17.5 Å². The molecule has 0 heterocycles. The first kappa shape index (κ1) is 10.6. The zero-order valence-corrected chi connectivity index (χ0v) is 8.12. The van der Waals surface area contributed by atoms with E-state index >= 15 is 0 Å². The number of aryl methyl sites for hydroxylation is 1. The first-order valence-corrected chi connectivity index (χ1v) is 4.48. The van der Waals surface area contributed by atoms with E-state index in [1.807, 2.05) is 13.0 Å². The van der Waals surface area contributed by atoms with Crippen molar-refractivity contribution in [2.24, 2.45) is 5.73 Å². The van der Waals surface area contributed by atoms with Crippen molar-refractivity contribution in [1.82, 2.24) is 0 Å². The maximum Gasteiger partial charge on any atom is 0.164 e. The molecule has 0 saturated carbocycles. The lowest BCUT2D eigenvalue weighted by Crippen LogP contribution is -2.10. The molecule has 0 aromatic heterocycles. The summed E-state index contributed by atoms with van der Waals surface area (Å²) in [6.07, 6.45) is 0.980. The number of carbonyl (C=O) groups excluding carboxylic acids is 2. The van der Waals surface area contributed by atoms with Crippen LogP contribution >= 0.6 is 0 Å². The normalized spacial score (nSPS) is 9.86. The van der Waals surface area contributed by atoms with Crippen molar-refractivity contribution in [3.63, 3.8) is 0 Å². The minimum atomic E-state index is -0.0710. The molecule has 0 aliphatic heterocycles. The fourth-order valence-electron chi connectivity index (χ4n) is 1.28. The van der Waals surface area contributed by atoms with Crippen molar-refractivity contribution >= 4 is 12.1 Å². The predicted octanol–water partition coefficient (Wildman–Crippen LogP) is 1.34. The Hall–Kier alpha value is -1.48. The molecule has 0 radical (unpaired) electrons. The highest BCUT2D eigenvalue weighted by Crippen LogP contribution is 2.11. The number of carbonyl (C=O) groups is 2. The molecule has 0 unspecified atom stereocenters. The van der Waals surface area contributed by atoms with E-state index in [9.17, 15) is 9.59 Å². The predicted molar refractivity (Wildman–Crippen MR) is 54.6 cm³/mol. The van der Waals surface area contributed by atoms with E-state index in [0.717, 1.165) is 5.56 Å². The number of aldehydes is 1. The molecule has 3 heteroatoms. The van der Waals surface area contributed by atoms with Crippen LogP contribution in [0.1, 0.15) is 32.7 Å². The van der Waals surface area contributed by atoms with Crippen LogP contribution < -0.4 is 5.73 Å². The van der Waals surface area contributed by atoms with Gasteiger partial charge in [-0.3, -0.25) is 9.59 Å². The van der Waals surface area contributed by atoms with Crippen molar-refractivity contribution in [3.05, 3.63) is 34.9 Å². The summed E-state index contributed by atoms with van der Waals surface area (Å²) in [6, 6.07) is 5.19. The zero-order valence-electron chi connectivity index (χ0n) is 8.12. The fraction of sp³-hybridized carbons (Fsp3) is 0.273. The second kappa shape index (κ2) is 4.67. The lowest BCUT2D eigenvalue weighted by molar-refractivity contribution is 0.0979. The number of rotatable bonds is 4. The molecule has 0 saturated heterocycles. The average molecular weight is 191 g/mol. The highest BCUT2D eigenvalue weighted by molar-refractivity contribution is 6.02. The number of nitrogens with two attached hydrogens (primary N) is 1. The Morgan fingerprint density at radius 1 is 1.50 bits per heavy atom. The van der Waals surface area contributed by atoms with Gasteiger partial charge in [-0.2, -0.15) is 0 Å². The Kier molecular flexibility index (Phi) is 3.54. The minimum Gasteiger partial charge on any atom is -0.330 e. The van der Waals surface area contributed by atoms with Gasteiger partial charge in [0.15, 0.2) is 12.1 Å². The lowest BCUT2D eigenvalue weighted by atomic mass is 10.00. The first-order valence-electron chi connectivity index (χ1n) is 4.48. The maximum atomic E-state index is 11.5. The molecule has 0 spiro atoms. The summed E-state index contributed by atoms with van der Waals surface area (Å²) in [6.45, 7) is 2.19. The molecule has 2 N–H and O–H groups in total. The number of benzene rings is 1. The highest BCUT2D eigenvalue weighted by atomic mass is 16.1. The summed E-state index contributed by atoms with van der Waals surface area (Å²) < 4.78 is 0. The summed E-state index contributed by atoms with van der Waals surface area (Å²) >= 11 is 0. The van der Waals surface area contributed by atoms with Crippen molar-refractivity contribution in [2.75, 3.05) is 6.54 Å². The topological polar surface area (TPSA) is 60.2 Å². The third-order valence-corrected chi connectivity index (χ3v) is 2.01. The molecular weight excluding hydrogens is 178 g/mol. The third-order valence-electron chi connectivity index (χ3n) is 2.01. The van der Waals surface area contributed by atoms with Crippen LogP contribution in [0.3, 0.4) is 0 Å². The number of hydrogen-bond acceptors (Lipinski definition) is 3. The number of ketones is 1. The van der Waals surface area contributed by atoms with E-state index in [0.29, 0.717) is 24.0 Å². The monoisotopic (exact) mass is 191 g/mol. The second-order valence-electron chi connectivity index (χ2n) is 3.17. The summed E-state index contributed by atoms with van der Waals surface area (Å²) in [7, 11) is 0. The smallest absolute Gasteiger partial charge is 0.164 e. The molecule has 0 bridgehead atoms. The van der Waals surface area contributed by atoms with Gasteiger partial charge >= 0.3 is 0 Å². The summed E-state index contributed by atoms with van der Waals surface area (Å²) in [5, 5.41) is 0. The van der Waals surface area contributed by atoms with Crippen LogP contribution in [0, 0.1) is 6.92 Å². The van der Waals surface area contributed by atoms with Crippen LogP contribution in [0.15, 0.2) is 18.2 Å². The van der Waals surface area contributed by atoms with E-state index in [2.05, 4.69) is 0 Å². The average Bonchev–Trinajstić information content (AvgIpc) is 2.18. The van der Waals surface area contributed by atoms with E-state index < -0.39 is 0 Å². The van der Waals surface area contributed by atoms with Crippen molar-refractivity contribution in [1.29, 1.82) is 0 Å². The molecular formula is C11H13NO2. The van der Waals surface area contributed by atoms with Gasteiger partial charge in [0.2, 0.25) is 0 Å². The summed E-state index contributed by atoms with van der Waals surface area (Å²) in [5.74, 6) is -0.0710. The van der Waals surface area contributed by atoms with Gasteiger partial charge in [-0.05, 0) is 19.5 Å². The molecule has 0 aliphatic rings. The minimum absolute atomic E-state index is 0.0710. The quantitative estimate of drug-likeness (QED) is 0.577. The fourth-order valence-corrected chi connectivity index (χ4v) is 1.28. The molecule has 0 fully saturated rings. The van der Waals surface area contributed by atoms with Crippen molar-refractivity contribution in [2.45, 2.75) is 13.3 Å². The zero-order chi connectivity index (χ0) is 10.6. The van der Waals surface area contributed by atoms with Gasteiger partial charge in [0.1, 0.15) is 0 Å². The SMILES string of the molecule is Cc1ccc(C=O)c(C(=O)CCN)c1. The van der Waals surface area contributed by atoms with Crippen LogP contribution in [-0.2, 0) is 0 Å². The molecule has 0 amide bonds. The van der Waals surface area contributed by atoms with Gasteiger partial charge in [-0.1, -0.05) is 17.7 Å². The van der Waals surface area contributed by atoms with Gasteiger partial charge in [-0.25, -0.2) is 0 Å². The Balaban J connectivity index is 3.10. The molecule has 74 valence electrons. The molecule has 1 rings (SSSR count). The third kappa shape index (κ3) is 2.26. The number of hydrogen-bond donors (Lipinski definition) is 1. The summed E-state index contributed by atoms with van der Waals surface area (Å²) in [4.78, 5) is 22.2. The Morgan fingerprint density at radius 2 is 2.21 bits per heavy atom. The van der Waals surface area contributed by atoms with E-state index in [4.69, 9.17) is 5.73 Å². The molecule has 1 aromatic rings. The lowest BCUT2D eigenvalue weighted by Gasteiger charge is -2.03. The Labute approximate surface area is 82.9 Å². The standard InChI is InChI=1S/C11H13NO2/c1-8-2-3-9(7-13)10(6-8)11(14)4-5-12/h2-3,6-7H,4-5,12H2,1H3. The Bertz CT molecular complexity index is 358. The molecule has 1 aromatic carbocycles. The van der Waals surface area contributed by atoms with Gasteiger partial charge in [0.05, 0.1) is 0 Å². The first-order chi connectivity index (χ1) is 6.69. The van der Waals surface area contributed by atoms with Crippen LogP contribution in [-0.4, -0.2) is 18.6 Å². The van der Waals surface area contributed by atoms with Crippen molar-refractivity contribution in [3.8, 4) is 0 Å². The van der Waals surface area contributed by atoms with Crippen LogP contribution in [0.4, 0.5) is 0 Å². The second-order valence-corrected chi connectivity index (χ2v) is 3.17. The highest BCUT2D eigenvalue weighted by Gasteiger charge is 2.09. The molecule has 14 heavy (non-hydrogen) atoms. The molecule has 0 aliphatic carbocycles. The summed E-state index contributed by atoms with van der Waals surface area (Å²) in [5.41, 5.74) is 7.17. The largest absolute Gasteiger partial charge is 0.330 e. The van der Waals surface area contributed by atoms with E-state index in [1.165, 1.54) is 0 Å². The van der Waals surface area contributed by atoms with Crippen LogP contribution in [0.2, 0.25) is 0 Å². The van der Waals surface area contributed by atoms with Crippen LogP contribution in [0.5, 0.6) is 0 Å². The van der Waals surface area contributed by atoms with Crippen molar-refractivity contribution < 1.29 is 9.59 Å². The van der Waals surface area contributed by atoms with Gasteiger partial charge in [0.25, 0.3) is 0 Å². The van der Waals surface area contributed by atoms with Gasteiger partial charge in [-0.15, -0.1) is 0 Å². The van der Waals surface area contributed by atoms with E-state index in [1.54, 1.807) is 12.1 Å². The maximum absolute atomic E-state index is 11.5. The van der Waals surface area contributed by atoms with E-state index in [-0.39, 0.29) is 12.2 Å². The molecule has 0 atom stereocenters. The number of Topliss-reactive ketones (excluding diaryl/α,β-unsaturated/α-hetero) is 1. The van der Waals surface area contributed by atoms with Gasteiger partial charge < -0.3 is 5.73 Å².